The van der Waals surface area contributed by atoms with Gasteiger partial charge in [0.1, 0.15) is 29.1 Å². The van der Waals surface area contributed by atoms with Gasteiger partial charge in [0.15, 0.2) is 6.21 Å². The Labute approximate surface area is 190 Å². The zero-order valence-corrected chi connectivity index (χ0v) is 18.3. The summed E-state index contributed by atoms with van der Waals surface area (Å²) < 4.78 is 5.15. The van der Waals surface area contributed by atoms with Gasteiger partial charge in [-0.25, -0.2) is 9.50 Å². The molecule has 0 saturated heterocycles. The van der Waals surface area contributed by atoms with Crippen molar-refractivity contribution < 1.29 is 4.68 Å². The van der Waals surface area contributed by atoms with Crippen molar-refractivity contribution in [2.24, 2.45) is 23.5 Å². The second-order valence-electron chi connectivity index (χ2n) is 8.65. The van der Waals surface area contributed by atoms with Gasteiger partial charge in [0.05, 0.1) is 47.5 Å². The zero-order valence-electron chi connectivity index (χ0n) is 18.3. The van der Waals surface area contributed by atoms with Crippen molar-refractivity contribution in [3.63, 3.8) is 0 Å². The molecule has 33 heavy (non-hydrogen) atoms. The number of rotatable bonds is 4. The summed E-state index contributed by atoms with van der Waals surface area (Å²) in [6.45, 7) is 0. The van der Waals surface area contributed by atoms with Crippen LogP contribution in [-0.4, -0.2) is 41.5 Å². The Kier molecular flexibility index (Phi) is 4.98. The SMILES string of the molecule is Cn1nc(-c2cn3nccc3c(C3=C/[N+](=C/[C@]4(CC#N)CC[C@H](C#N)CC4)N=C3)n2)cc1N. The monoisotopic (exact) mass is 439 g/mol. The predicted octanol–water partition coefficient (Wildman–Crippen LogP) is 2.75. The smallest absolute Gasteiger partial charge is 0.213 e. The average Bonchev–Trinajstić information content (AvgIpc) is 3.54. The third kappa shape index (κ3) is 3.76. The van der Waals surface area contributed by atoms with Gasteiger partial charge in [-0.2, -0.15) is 20.7 Å². The van der Waals surface area contributed by atoms with E-state index in [9.17, 15) is 10.5 Å². The third-order valence-corrected chi connectivity index (χ3v) is 6.44. The second-order valence-corrected chi connectivity index (χ2v) is 8.65. The zero-order chi connectivity index (χ0) is 23.0. The minimum absolute atomic E-state index is 0.0705. The molecule has 1 fully saturated rings. The van der Waals surface area contributed by atoms with E-state index in [1.54, 1.807) is 39.4 Å². The quantitative estimate of drug-likeness (QED) is 0.621. The molecule has 0 unspecified atom stereocenters. The first-order chi connectivity index (χ1) is 16.0. The molecule has 1 aliphatic heterocycles. The second kappa shape index (κ2) is 7.99. The van der Waals surface area contributed by atoms with Crippen molar-refractivity contribution in [1.29, 1.82) is 10.5 Å². The summed E-state index contributed by atoms with van der Waals surface area (Å²) in [6, 6.07) is 8.37. The molecular weight excluding hydrogens is 416 g/mol. The van der Waals surface area contributed by atoms with E-state index >= 15 is 0 Å². The highest BCUT2D eigenvalue weighted by molar-refractivity contribution is 6.12. The molecule has 0 radical (unpaired) electrons. The van der Waals surface area contributed by atoms with Gasteiger partial charge in [-0.3, -0.25) is 4.68 Å². The van der Waals surface area contributed by atoms with Crippen LogP contribution in [0.5, 0.6) is 0 Å². The summed E-state index contributed by atoms with van der Waals surface area (Å²) in [4.78, 5) is 4.86. The van der Waals surface area contributed by atoms with E-state index in [2.05, 4.69) is 27.4 Å². The van der Waals surface area contributed by atoms with Crippen LogP contribution in [0.1, 0.15) is 37.8 Å². The van der Waals surface area contributed by atoms with Crippen LogP contribution in [0, 0.1) is 34.0 Å². The third-order valence-electron chi connectivity index (χ3n) is 6.44. The number of nitriles is 2. The number of hydrogen-bond donors (Lipinski definition) is 1. The minimum atomic E-state index is -0.280. The van der Waals surface area contributed by atoms with Crippen molar-refractivity contribution >= 4 is 29.3 Å². The summed E-state index contributed by atoms with van der Waals surface area (Å²) in [5.74, 6) is 0.617. The van der Waals surface area contributed by atoms with E-state index in [1.165, 1.54) is 0 Å². The van der Waals surface area contributed by atoms with Gasteiger partial charge in [0.2, 0.25) is 6.20 Å². The molecule has 10 heteroatoms. The van der Waals surface area contributed by atoms with Crippen LogP contribution in [0.3, 0.4) is 0 Å². The number of aryl methyl sites for hydroxylation is 1. The van der Waals surface area contributed by atoms with Crippen LogP contribution in [0.25, 0.3) is 22.5 Å². The standard InChI is InChI=1S/C23H23N10/c1-31-21(26)10-18(30-31)19-14-33-20(4-9-27-33)22(29-19)17-12-28-32(13-17)15-23(7-8-24)5-2-16(11-25)3-6-23/h4,9-10,12-16H,2-3,5-7,26H2,1H3/q+1/b32-15-/t16-,23+. The Hall–Kier alpha value is -4.31. The maximum Gasteiger partial charge on any atom is 0.213 e. The number of fused-ring (bicyclic) bond motifs is 1. The fourth-order valence-corrected chi connectivity index (χ4v) is 4.51. The van der Waals surface area contributed by atoms with Crippen molar-refractivity contribution in [2.75, 3.05) is 5.73 Å². The van der Waals surface area contributed by atoms with E-state index < -0.39 is 0 Å². The fraction of sp³-hybridized carbons (Fsp3) is 0.348. The van der Waals surface area contributed by atoms with Crippen LogP contribution in [-0.2, 0) is 7.05 Å². The molecule has 1 saturated carbocycles. The normalized spacial score (nSPS) is 23.5. The lowest BCUT2D eigenvalue weighted by molar-refractivity contribution is -0.456. The first-order valence-corrected chi connectivity index (χ1v) is 10.8. The number of nitrogen functional groups attached to an aromatic ring is 1. The summed E-state index contributed by atoms with van der Waals surface area (Å²) in [5, 5.41) is 32.0. The Bertz CT molecular complexity index is 1380. The molecule has 2 N–H and O–H groups in total. The highest BCUT2D eigenvalue weighted by atomic mass is 15.4. The number of anilines is 1. The van der Waals surface area contributed by atoms with E-state index in [1.807, 2.05) is 24.7 Å². The van der Waals surface area contributed by atoms with Crippen LogP contribution in [0.15, 0.2) is 35.8 Å². The lowest BCUT2D eigenvalue weighted by Crippen LogP contribution is -2.30. The summed E-state index contributed by atoms with van der Waals surface area (Å²) >= 11 is 0. The van der Waals surface area contributed by atoms with E-state index in [-0.39, 0.29) is 11.3 Å². The molecule has 0 spiro atoms. The van der Waals surface area contributed by atoms with Gasteiger partial charge in [0, 0.05) is 19.0 Å². The summed E-state index contributed by atoms with van der Waals surface area (Å²) in [7, 11) is 1.78. The first kappa shape index (κ1) is 20.6. The van der Waals surface area contributed by atoms with Gasteiger partial charge in [-0.15, -0.1) is 0 Å². The van der Waals surface area contributed by atoms with Crippen molar-refractivity contribution in [3.8, 4) is 23.5 Å². The van der Waals surface area contributed by atoms with E-state index in [4.69, 9.17) is 10.7 Å². The lowest BCUT2D eigenvalue weighted by atomic mass is 9.70. The van der Waals surface area contributed by atoms with Crippen molar-refractivity contribution in [3.05, 3.63) is 36.4 Å². The molecule has 0 aromatic carbocycles. The Morgan fingerprint density at radius 3 is 2.82 bits per heavy atom. The molecular formula is C23H23N10+. The van der Waals surface area contributed by atoms with Crippen LogP contribution >= 0.6 is 0 Å². The van der Waals surface area contributed by atoms with Crippen LogP contribution in [0.2, 0.25) is 0 Å². The molecule has 10 nitrogen and oxygen atoms in total. The van der Waals surface area contributed by atoms with Crippen molar-refractivity contribution in [1.82, 2.24) is 24.4 Å². The number of hydrazone groups is 1. The number of nitrogens with zero attached hydrogens (tertiary/aromatic N) is 9. The van der Waals surface area contributed by atoms with E-state index in [0.29, 0.717) is 23.6 Å². The predicted molar refractivity (Wildman–Crippen MR) is 123 cm³/mol. The molecule has 3 aromatic rings. The van der Waals surface area contributed by atoms with E-state index in [0.717, 1.165) is 42.5 Å². The molecule has 164 valence electrons. The van der Waals surface area contributed by atoms with Gasteiger partial charge in [-0.05, 0) is 36.9 Å². The summed E-state index contributed by atoms with van der Waals surface area (Å²) in [6.07, 6.45) is 12.9. The maximum atomic E-state index is 9.42. The van der Waals surface area contributed by atoms with Gasteiger partial charge >= 0.3 is 0 Å². The Balaban J connectivity index is 1.52. The summed E-state index contributed by atoms with van der Waals surface area (Å²) in [5.41, 5.74) is 9.41. The molecule has 0 amide bonds. The first-order valence-electron chi connectivity index (χ1n) is 10.8. The topological polar surface area (TPSA) is 137 Å². The van der Waals surface area contributed by atoms with Gasteiger partial charge in [-0.1, -0.05) is 4.68 Å². The number of nitrogens with two attached hydrogens (primary N) is 1. The number of allylic oxidation sites excluding steroid dienone is 1. The number of aromatic nitrogens is 5. The Morgan fingerprint density at radius 1 is 1.30 bits per heavy atom. The molecule has 0 bridgehead atoms. The molecule has 4 heterocycles. The lowest BCUT2D eigenvalue weighted by Gasteiger charge is -2.31. The Morgan fingerprint density at radius 2 is 2.12 bits per heavy atom. The van der Waals surface area contributed by atoms with Gasteiger partial charge < -0.3 is 5.73 Å². The fourth-order valence-electron chi connectivity index (χ4n) is 4.51. The van der Waals surface area contributed by atoms with Crippen LogP contribution < -0.4 is 5.73 Å². The maximum absolute atomic E-state index is 9.42. The molecule has 1 aliphatic carbocycles. The molecule has 3 aromatic heterocycles. The average molecular weight is 440 g/mol. The minimum Gasteiger partial charge on any atom is -0.384 e. The molecule has 2 aliphatic rings. The van der Waals surface area contributed by atoms with Gasteiger partial charge in [0.25, 0.3) is 0 Å². The number of hydrogen-bond acceptors (Lipinski definition) is 7. The van der Waals surface area contributed by atoms with Crippen LogP contribution in [0.4, 0.5) is 5.82 Å². The largest absolute Gasteiger partial charge is 0.384 e. The highest BCUT2D eigenvalue weighted by Gasteiger charge is 2.38. The van der Waals surface area contributed by atoms with Crippen molar-refractivity contribution in [2.45, 2.75) is 32.1 Å². The molecule has 5 rings (SSSR count). The molecule has 0 atom stereocenters. The highest BCUT2D eigenvalue weighted by Crippen LogP contribution is 2.40.